The Kier molecular flexibility index (Phi) is 7.86. The fourth-order valence-corrected chi connectivity index (χ4v) is 4.97. The van der Waals surface area contributed by atoms with Crippen LogP contribution in [0.4, 0.5) is 11.4 Å². The summed E-state index contributed by atoms with van der Waals surface area (Å²) in [6, 6.07) is 39.7. The van der Waals surface area contributed by atoms with Gasteiger partial charge in [-0.05, 0) is 66.6 Å². The predicted octanol–water partition coefficient (Wildman–Crippen LogP) is 7.78. The maximum absolute atomic E-state index is 10.2. The number of ether oxygens (including phenoxy) is 2. The Morgan fingerprint density at radius 2 is 1.20 bits per heavy atom. The number of rotatable bonds is 7. The average Bonchev–Trinajstić information content (AvgIpc) is 3.04. The molecule has 0 radical (unpaired) electrons. The first-order chi connectivity index (χ1) is 20.1. The first-order valence-corrected chi connectivity index (χ1v) is 13.1. The largest absolute Gasteiger partial charge is 0.497 e. The van der Waals surface area contributed by atoms with Crippen LogP contribution in [-0.2, 0) is 0 Å². The molecular weight excluding hydrogens is 508 g/mol. The highest BCUT2D eigenvalue weighted by Gasteiger charge is 2.34. The first kappa shape index (κ1) is 26.9. The van der Waals surface area contributed by atoms with Gasteiger partial charge in [-0.3, -0.25) is 4.90 Å². The van der Waals surface area contributed by atoms with Crippen LogP contribution in [0.15, 0.2) is 132 Å². The monoisotopic (exact) mass is 536 g/mol. The van der Waals surface area contributed by atoms with Gasteiger partial charge in [-0.15, -0.1) is 0 Å². The van der Waals surface area contributed by atoms with Crippen molar-refractivity contribution in [3.05, 3.63) is 143 Å². The molecule has 0 amide bonds. The van der Waals surface area contributed by atoms with Gasteiger partial charge in [0.25, 0.3) is 0 Å². The summed E-state index contributed by atoms with van der Waals surface area (Å²) in [5.74, 6) is 2.20. The number of hydrogen-bond acceptors (Lipinski definition) is 6. The molecule has 0 bridgehead atoms. The van der Waals surface area contributed by atoms with Crippen molar-refractivity contribution < 1.29 is 9.47 Å². The molecule has 0 saturated heterocycles. The van der Waals surface area contributed by atoms with Gasteiger partial charge >= 0.3 is 0 Å². The summed E-state index contributed by atoms with van der Waals surface area (Å²) in [6.45, 7) is 1.94. The molecule has 0 aliphatic carbocycles. The minimum absolute atomic E-state index is 0.0400. The molecular formula is C35H28N4O2. The Morgan fingerprint density at radius 3 is 1.71 bits per heavy atom. The molecule has 0 saturated carbocycles. The zero-order valence-corrected chi connectivity index (χ0v) is 23.1. The van der Waals surface area contributed by atoms with E-state index >= 15 is 0 Å². The van der Waals surface area contributed by atoms with E-state index in [1.165, 1.54) is 0 Å². The number of allylic oxidation sites excluding steroid dienone is 4. The molecule has 1 heterocycles. The zero-order chi connectivity index (χ0) is 28.8. The van der Waals surface area contributed by atoms with Crippen LogP contribution < -0.4 is 19.7 Å². The van der Waals surface area contributed by atoms with Crippen LogP contribution in [0.25, 0.3) is 11.3 Å². The van der Waals surface area contributed by atoms with Crippen molar-refractivity contribution in [2.75, 3.05) is 24.4 Å². The summed E-state index contributed by atoms with van der Waals surface area (Å²) in [4.78, 5) is 2.15. The van der Waals surface area contributed by atoms with E-state index < -0.39 is 0 Å². The Hall–Kier alpha value is -5.72. The maximum atomic E-state index is 10.2. The van der Waals surface area contributed by atoms with Crippen LogP contribution in [-0.4, -0.2) is 14.2 Å². The molecule has 1 N–H and O–H groups in total. The summed E-state index contributed by atoms with van der Waals surface area (Å²) in [6.07, 6.45) is 0. The molecule has 1 aliphatic heterocycles. The molecule has 5 rings (SSSR count). The lowest BCUT2D eigenvalue weighted by molar-refractivity contribution is 0.415. The lowest BCUT2D eigenvalue weighted by atomic mass is 9.83. The number of nitriles is 2. The molecule has 1 aliphatic rings. The van der Waals surface area contributed by atoms with Crippen molar-refractivity contribution in [3.63, 3.8) is 0 Å². The van der Waals surface area contributed by atoms with E-state index in [2.05, 4.69) is 22.4 Å². The number of anilines is 2. The molecule has 6 heteroatoms. The molecule has 200 valence electrons. The van der Waals surface area contributed by atoms with Crippen molar-refractivity contribution in [2.24, 2.45) is 0 Å². The van der Waals surface area contributed by atoms with Gasteiger partial charge in [-0.2, -0.15) is 10.5 Å². The second kappa shape index (κ2) is 12.0. The van der Waals surface area contributed by atoms with Crippen molar-refractivity contribution >= 4 is 22.6 Å². The molecule has 6 nitrogen and oxygen atoms in total. The van der Waals surface area contributed by atoms with E-state index in [4.69, 9.17) is 9.47 Å². The van der Waals surface area contributed by atoms with E-state index in [0.717, 1.165) is 56.7 Å². The second-order valence-electron chi connectivity index (χ2n) is 9.29. The van der Waals surface area contributed by atoms with E-state index in [-0.39, 0.29) is 5.57 Å². The number of nitrogens with one attached hydrogen (secondary N) is 1. The van der Waals surface area contributed by atoms with Crippen molar-refractivity contribution in [1.82, 2.24) is 0 Å². The van der Waals surface area contributed by atoms with Gasteiger partial charge in [0.15, 0.2) is 0 Å². The summed E-state index contributed by atoms with van der Waals surface area (Å²) < 4.78 is 10.8. The highest BCUT2D eigenvalue weighted by atomic mass is 16.5. The lowest BCUT2D eigenvalue weighted by Gasteiger charge is -2.39. The van der Waals surface area contributed by atoms with Crippen LogP contribution in [0, 0.1) is 22.7 Å². The maximum Gasteiger partial charge on any atom is 0.137 e. The predicted molar refractivity (Wildman–Crippen MR) is 163 cm³/mol. The van der Waals surface area contributed by atoms with E-state index in [0.29, 0.717) is 5.57 Å². The van der Waals surface area contributed by atoms with Gasteiger partial charge in [-0.25, -0.2) is 0 Å². The Labute approximate surface area is 240 Å². The standard InChI is InChI=1S/C35H28N4O2/c1-24-32(27(22-36)23-37)33(25-10-6-4-7-11-25)34(26-12-8-5-9-13-26)39(29-16-20-31(41-3)21-17-29)35(24)38-28-14-18-30(40-2)19-15-28/h4-21,38H,1-3H3. The van der Waals surface area contributed by atoms with Crippen LogP contribution in [0.1, 0.15) is 18.1 Å². The minimum atomic E-state index is 0.0400. The lowest BCUT2D eigenvalue weighted by Crippen LogP contribution is -2.32. The smallest absolute Gasteiger partial charge is 0.137 e. The van der Waals surface area contributed by atoms with Crippen LogP contribution in [0.3, 0.4) is 0 Å². The highest BCUT2D eigenvalue weighted by Crippen LogP contribution is 2.47. The average molecular weight is 537 g/mol. The minimum Gasteiger partial charge on any atom is -0.497 e. The highest BCUT2D eigenvalue weighted by molar-refractivity contribution is 6.09. The van der Waals surface area contributed by atoms with Gasteiger partial charge in [0.2, 0.25) is 0 Å². The molecule has 0 aromatic heterocycles. The van der Waals surface area contributed by atoms with Gasteiger partial charge < -0.3 is 14.8 Å². The van der Waals surface area contributed by atoms with Crippen molar-refractivity contribution in [3.8, 4) is 23.6 Å². The topological polar surface area (TPSA) is 81.3 Å². The Balaban J connectivity index is 1.88. The van der Waals surface area contributed by atoms with E-state index in [9.17, 15) is 10.5 Å². The van der Waals surface area contributed by atoms with Gasteiger partial charge in [0, 0.05) is 28.1 Å². The second-order valence-corrected chi connectivity index (χ2v) is 9.29. The summed E-state index contributed by atoms with van der Waals surface area (Å²) in [5, 5.41) is 23.9. The molecule has 41 heavy (non-hydrogen) atoms. The fraction of sp³-hybridized carbons (Fsp3) is 0.0857. The molecule has 4 aromatic rings. The number of nitrogens with zero attached hydrogens (tertiary/aromatic N) is 3. The quantitative estimate of drug-likeness (QED) is 0.243. The summed E-state index contributed by atoms with van der Waals surface area (Å²) in [5.41, 5.74) is 6.53. The molecule has 4 aromatic carbocycles. The SMILES string of the molecule is COc1ccc(NC2=C(C)C(=C(C#N)C#N)C(c3ccccc3)=C(c3ccccc3)N2c2ccc(OC)cc2)cc1. The van der Waals surface area contributed by atoms with E-state index in [1.54, 1.807) is 14.2 Å². The van der Waals surface area contributed by atoms with Gasteiger partial charge in [-0.1, -0.05) is 60.7 Å². The first-order valence-electron chi connectivity index (χ1n) is 13.1. The van der Waals surface area contributed by atoms with Crippen LogP contribution >= 0.6 is 0 Å². The third-order valence-electron chi connectivity index (χ3n) is 6.93. The van der Waals surface area contributed by atoms with E-state index in [1.807, 2.05) is 116 Å². The third kappa shape index (κ3) is 5.28. The molecule has 0 spiro atoms. The Bertz CT molecular complexity index is 1710. The number of benzene rings is 4. The molecule has 0 fully saturated rings. The van der Waals surface area contributed by atoms with Crippen LogP contribution in [0.2, 0.25) is 0 Å². The molecule has 0 unspecified atom stereocenters. The summed E-state index contributed by atoms with van der Waals surface area (Å²) >= 11 is 0. The van der Waals surface area contributed by atoms with Gasteiger partial charge in [0.05, 0.1) is 19.9 Å². The Morgan fingerprint density at radius 1 is 0.683 bits per heavy atom. The van der Waals surface area contributed by atoms with Crippen LogP contribution in [0.5, 0.6) is 11.5 Å². The third-order valence-corrected chi connectivity index (χ3v) is 6.93. The number of methoxy groups -OCH3 is 2. The molecule has 0 atom stereocenters. The fourth-order valence-electron chi connectivity index (χ4n) is 4.97. The summed E-state index contributed by atoms with van der Waals surface area (Å²) in [7, 11) is 3.27. The van der Waals surface area contributed by atoms with Crippen molar-refractivity contribution in [1.29, 1.82) is 10.5 Å². The van der Waals surface area contributed by atoms with Gasteiger partial charge in [0.1, 0.15) is 35.0 Å². The van der Waals surface area contributed by atoms with Crippen molar-refractivity contribution in [2.45, 2.75) is 6.92 Å². The normalized spacial score (nSPS) is 12.9. The number of hydrogen-bond donors (Lipinski definition) is 1. The zero-order valence-electron chi connectivity index (χ0n) is 23.1.